The van der Waals surface area contributed by atoms with E-state index in [1.54, 1.807) is 0 Å². The Kier molecular flexibility index (Phi) is 2.63. The molecule has 0 saturated carbocycles. The lowest BCUT2D eigenvalue weighted by Crippen LogP contribution is -1.96. The molecule has 2 N–H and O–H groups in total. The van der Waals surface area contributed by atoms with Crippen LogP contribution in [0, 0.1) is 11.6 Å². The molecule has 0 radical (unpaired) electrons. The van der Waals surface area contributed by atoms with Crippen LogP contribution in [0.15, 0.2) is 30.6 Å². The van der Waals surface area contributed by atoms with Crippen LogP contribution in [0.2, 0.25) is 0 Å². The van der Waals surface area contributed by atoms with Crippen molar-refractivity contribution in [1.29, 1.82) is 0 Å². The summed E-state index contributed by atoms with van der Waals surface area (Å²) in [5.74, 6) is -1.42. The highest BCUT2D eigenvalue weighted by Gasteiger charge is 2.07. The predicted molar refractivity (Wildman–Crippen MR) is 52.9 cm³/mol. The third-order valence-electron chi connectivity index (χ3n) is 1.74. The summed E-state index contributed by atoms with van der Waals surface area (Å²) in [6.45, 7) is 0. The second-order valence-electron chi connectivity index (χ2n) is 2.96. The van der Waals surface area contributed by atoms with Gasteiger partial charge in [-0.15, -0.1) is 0 Å². The van der Waals surface area contributed by atoms with E-state index < -0.39 is 11.6 Å². The van der Waals surface area contributed by atoms with E-state index in [-0.39, 0.29) is 17.4 Å². The van der Waals surface area contributed by atoms with Gasteiger partial charge in [0.15, 0.2) is 11.6 Å². The van der Waals surface area contributed by atoms with Crippen molar-refractivity contribution in [2.45, 2.75) is 0 Å². The number of rotatable bonds is 2. The number of hydrogen-bond acceptors (Lipinski definition) is 4. The third kappa shape index (κ3) is 2.22. The summed E-state index contributed by atoms with van der Waals surface area (Å²) in [4.78, 5) is 7.45. The fourth-order valence-electron chi connectivity index (χ4n) is 1.08. The van der Waals surface area contributed by atoms with Crippen LogP contribution in [0.25, 0.3) is 0 Å². The number of nitrogens with two attached hydrogens (primary N) is 1. The second kappa shape index (κ2) is 4.09. The van der Waals surface area contributed by atoms with Gasteiger partial charge in [0, 0.05) is 6.07 Å². The predicted octanol–water partition coefficient (Wildman–Crippen LogP) is 2.13. The highest BCUT2D eigenvalue weighted by Crippen LogP contribution is 2.23. The van der Waals surface area contributed by atoms with Crippen molar-refractivity contribution in [2.75, 3.05) is 5.73 Å². The van der Waals surface area contributed by atoms with E-state index in [4.69, 9.17) is 10.5 Å². The molecule has 2 aromatic rings. The molecule has 0 aliphatic heterocycles. The summed E-state index contributed by atoms with van der Waals surface area (Å²) in [5, 5.41) is 0. The van der Waals surface area contributed by atoms with E-state index in [1.807, 2.05) is 0 Å². The molecule has 1 heterocycles. The van der Waals surface area contributed by atoms with Gasteiger partial charge in [-0.25, -0.2) is 8.78 Å². The average Bonchev–Trinajstić information content (AvgIpc) is 2.24. The van der Waals surface area contributed by atoms with Gasteiger partial charge in [-0.3, -0.25) is 4.98 Å². The number of aromatic nitrogens is 2. The molecular formula is C10H7F2N3O. The van der Waals surface area contributed by atoms with Crippen molar-refractivity contribution in [1.82, 2.24) is 9.97 Å². The normalized spacial score (nSPS) is 10.1. The number of anilines is 1. The quantitative estimate of drug-likeness (QED) is 0.847. The van der Waals surface area contributed by atoms with E-state index in [1.165, 1.54) is 12.4 Å². The fraction of sp³-hybridized carbons (Fsp3) is 0. The van der Waals surface area contributed by atoms with E-state index in [0.717, 1.165) is 18.2 Å². The zero-order valence-corrected chi connectivity index (χ0v) is 8.02. The summed E-state index contributed by atoms with van der Waals surface area (Å²) in [6, 6.07) is 2.87. The molecule has 0 saturated heterocycles. The molecule has 0 amide bonds. The molecular weight excluding hydrogens is 216 g/mol. The summed E-state index contributed by atoms with van der Waals surface area (Å²) in [5.41, 5.74) is 5.36. The minimum atomic E-state index is -0.689. The largest absolute Gasteiger partial charge is 0.434 e. The molecule has 82 valence electrons. The Labute approximate surface area is 89.7 Å². The van der Waals surface area contributed by atoms with Crippen molar-refractivity contribution >= 4 is 5.82 Å². The maximum absolute atomic E-state index is 13.2. The number of hydrogen-bond donors (Lipinski definition) is 1. The number of benzene rings is 1. The Bertz CT molecular complexity index is 519. The Hall–Kier alpha value is -2.24. The Morgan fingerprint density at radius 1 is 1.19 bits per heavy atom. The van der Waals surface area contributed by atoms with Crippen molar-refractivity contribution in [3.05, 3.63) is 42.2 Å². The van der Waals surface area contributed by atoms with Gasteiger partial charge in [0.2, 0.25) is 5.88 Å². The fourth-order valence-corrected chi connectivity index (χ4v) is 1.08. The molecule has 0 fully saturated rings. The average molecular weight is 223 g/mol. The van der Waals surface area contributed by atoms with Crippen LogP contribution >= 0.6 is 0 Å². The molecule has 0 unspecified atom stereocenters. The number of halogens is 2. The molecule has 6 heteroatoms. The highest BCUT2D eigenvalue weighted by atomic mass is 19.1. The van der Waals surface area contributed by atoms with Gasteiger partial charge in [-0.1, -0.05) is 0 Å². The van der Waals surface area contributed by atoms with E-state index in [2.05, 4.69) is 9.97 Å². The monoisotopic (exact) mass is 223 g/mol. The van der Waals surface area contributed by atoms with Gasteiger partial charge in [0.05, 0.1) is 12.4 Å². The first-order valence-electron chi connectivity index (χ1n) is 4.35. The van der Waals surface area contributed by atoms with Crippen molar-refractivity contribution in [2.24, 2.45) is 0 Å². The first kappa shape index (κ1) is 10.3. The summed E-state index contributed by atoms with van der Waals surface area (Å²) < 4.78 is 31.0. The van der Waals surface area contributed by atoms with Crippen LogP contribution in [0.1, 0.15) is 0 Å². The van der Waals surface area contributed by atoms with Gasteiger partial charge < -0.3 is 10.5 Å². The van der Waals surface area contributed by atoms with Crippen molar-refractivity contribution < 1.29 is 13.5 Å². The van der Waals surface area contributed by atoms with Gasteiger partial charge in [0.1, 0.15) is 11.6 Å². The van der Waals surface area contributed by atoms with Gasteiger partial charge in [0.25, 0.3) is 0 Å². The smallest absolute Gasteiger partial charge is 0.239 e. The van der Waals surface area contributed by atoms with Crippen LogP contribution in [0.5, 0.6) is 11.6 Å². The number of nitrogens with zero attached hydrogens (tertiary/aromatic N) is 2. The van der Waals surface area contributed by atoms with Crippen LogP contribution in [0.4, 0.5) is 14.6 Å². The minimum Gasteiger partial charge on any atom is -0.434 e. The molecule has 0 atom stereocenters. The SMILES string of the molecule is Nc1cncc(Oc2cc(F)ccc2F)n1. The van der Waals surface area contributed by atoms with E-state index in [0.29, 0.717) is 0 Å². The summed E-state index contributed by atoms with van der Waals surface area (Å²) >= 11 is 0. The molecule has 0 bridgehead atoms. The van der Waals surface area contributed by atoms with Gasteiger partial charge in [-0.05, 0) is 12.1 Å². The third-order valence-corrected chi connectivity index (χ3v) is 1.74. The van der Waals surface area contributed by atoms with Crippen molar-refractivity contribution in [3.63, 3.8) is 0 Å². The first-order valence-corrected chi connectivity index (χ1v) is 4.35. The second-order valence-corrected chi connectivity index (χ2v) is 2.96. The Morgan fingerprint density at radius 3 is 2.75 bits per heavy atom. The van der Waals surface area contributed by atoms with Crippen molar-refractivity contribution in [3.8, 4) is 11.6 Å². The lowest BCUT2D eigenvalue weighted by Gasteiger charge is -2.05. The topological polar surface area (TPSA) is 61.0 Å². The van der Waals surface area contributed by atoms with Crippen LogP contribution in [-0.4, -0.2) is 9.97 Å². The lowest BCUT2D eigenvalue weighted by molar-refractivity contribution is 0.421. The van der Waals surface area contributed by atoms with Crippen LogP contribution < -0.4 is 10.5 Å². The Balaban J connectivity index is 2.30. The highest BCUT2D eigenvalue weighted by molar-refractivity contribution is 5.31. The molecule has 2 rings (SSSR count). The zero-order valence-electron chi connectivity index (χ0n) is 8.02. The zero-order chi connectivity index (χ0) is 11.5. The number of nitrogen functional groups attached to an aromatic ring is 1. The lowest BCUT2D eigenvalue weighted by atomic mass is 10.3. The summed E-state index contributed by atoms with van der Waals surface area (Å²) in [6.07, 6.45) is 2.56. The maximum atomic E-state index is 13.2. The molecule has 0 aliphatic rings. The molecule has 16 heavy (non-hydrogen) atoms. The van der Waals surface area contributed by atoms with E-state index in [9.17, 15) is 8.78 Å². The number of ether oxygens (including phenoxy) is 1. The Morgan fingerprint density at radius 2 is 2.00 bits per heavy atom. The van der Waals surface area contributed by atoms with Crippen LogP contribution in [-0.2, 0) is 0 Å². The van der Waals surface area contributed by atoms with E-state index >= 15 is 0 Å². The minimum absolute atomic E-state index is 0.00417. The molecule has 4 nitrogen and oxygen atoms in total. The van der Waals surface area contributed by atoms with Gasteiger partial charge in [-0.2, -0.15) is 4.98 Å². The van der Waals surface area contributed by atoms with Gasteiger partial charge >= 0.3 is 0 Å². The molecule has 1 aromatic heterocycles. The summed E-state index contributed by atoms with van der Waals surface area (Å²) in [7, 11) is 0. The van der Waals surface area contributed by atoms with Crippen LogP contribution in [0.3, 0.4) is 0 Å². The molecule has 0 aliphatic carbocycles. The standard InChI is InChI=1S/C10H7F2N3O/c11-6-1-2-7(12)8(3-6)16-10-5-14-4-9(13)15-10/h1-5H,(H2,13,15). The molecule has 0 spiro atoms. The molecule has 1 aromatic carbocycles. The first-order chi connectivity index (χ1) is 7.65. The maximum Gasteiger partial charge on any atom is 0.239 e.